The van der Waals surface area contributed by atoms with Gasteiger partial charge in [-0.25, -0.2) is 15.0 Å². The van der Waals surface area contributed by atoms with E-state index in [-0.39, 0.29) is 12.4 Å². The molecule has 0 aliphatic carbocycles. The monoisotopic (exact) mass is 358 g/mol. The van der Waals surface area contributed by atoms with Gasteiger partial charge in [-0.15, -0.1) is 0 Å². The van der Waals surface area contributed by atoms with Crippen LogP contribution in [0.3, 0.4) is 0 Å². The summed E-state index contributed by atoms with van der Waals surface area (Å²) in [5.41, 5.74) is 0.596. The van der Waals surface area contributed by atoms with Crippen molar-refractivity contribution in [3.63, 3.8) is 0 Å². The highest BCUT2D eigenvalue weighted by molar-refractivity contribution is 7.08. The molecule has 0 aliphatic heterocycles. The Labute approximate surface area is 138 Å². The van der Waals surface area contributed by atoms with Crippen molar-refractivity contribution in [2.24, 2.45) is 0 Å². The van der Waals surface area contributed by atoms with Crippen molar-refractivity contribution in [1.82, 2.24) is 19.5 Å². The van der Waals surface area contributed by atoms with E-state index in [2.05, 4.69) is 15.0 Å². The molecular weight excluding hydrogens is 349 g/mol. The van der Waals surface area contributed by atoms with E-state index in [1.807, 2.05) is 12.3 Å². The molecule has 4 nitrogen and oxygen atoms in total. The topological polar surface area (TPSA) is 43.6 Å². The lowest BCUT2D eigenvalue weighted by molar-refractivity contribution is -0.140. The minimum absolute atomic E-state index is 0.0743. The molecule has 120 valence electrons. The van der Waals surface area contributed by atoms with Gasteiger partial charge in [0.1, 0.15) is 11.6 Å². The number of hydrogen-bond acceptors (Lipinski definition) is 4. The number of imidazole rings is 1. The Morgan fingerprint density at radius 1 is 1.22 bits per heavy atom. The first kappa shape index (κ1) is 15.9. The van der Waals surface area contributed by atoms with Crippen LogP contribution in [0.4, 0.5) is 13.2 Å². The SMILES string of the molecule is Cc1cscc1-c1nc(C(F)(F)F)cn1Cc1ncc(Cl)cn1. The Balaban J connectivity index is 2.05. The minimum Gasteiger partial charge on any atom is -0.323 e. The Hall–Kier alpha value is -1.93. The summed E-state index contributed by atoms with van der Waals surface area (Å²) >= 11 is 7.13. The minimum atomic E-state index is -4.51. The average Bonchev–Trinajstić information content (AvgIpc) is 3.07. The van der Waals surface area contributed by atoms with E-state index in [0.29, 0.717) is 16.4 Å². The normalized spacial score (nSPS) is 11.9. The molecule has 0 radical (unpaired) electrons. The van der Waals surface area contributed by atoms with E-state index in [0.717, 1.165) is 11.8 Å². The van der Waals surface area contributed by atoms with E-state index >= 15 is 0 Å². The molecule has 0 unspecified atom stereocenters. The van der Waals surface area contributed by atoms with Gasteiger partial charge in [0, 0.05) is 29.5 Å². The Kier molecular flexibility index (Phi) is 4.11. The van der Waals surface area contributed by atoms with Gasteiger partial charge in [0.25, 0.3) is 0 Å². The standard InChI is InChI=1S/C14H10ClF3N4S/c1-8-6-23-7-10(8)13-21-11(14(16,17)18)4-22(13)5-12-19-2-9(15)3-20-12/h2-4,6-7H,5H2,1H3. The molecular formula is C14H10ClF3N4S. The summed E-state index contributed by atoms with van der Waals surface area (Å²) in [6.07, 6.45) is -0.725. The number of nitrogens with zero attached hydrogens (tertiary/aromatic N) is 4. The van der Waals surface area contributed by atoms with Crippen LogP contribution in [0.2, 0.25) is 5.02 Å². The fourth-order valence-electron chi connectivity index (χ4n) is 2.05. The number of alkyl halides is 3. The fraction of sp³-hybridized carbons (Fsp3) is 0.214. The Morgan fingerprint density at radius 3 is 2.48 bits per heavy atom. The first-order valence-electron chi connectivity index (χ1n) is 6.48. The van der Waals surface area contributed by atoms with Crippen LogP contribution in [-0.4, -0.2) is 19.5 Å². The molecule has 0 saturated heterocycles. The highest BCUT2D eigenvalue weighted by Gasteiger charge is 2.35. The molecule has 3 heterocycles. The Bertz CT molecular complexity index is 823. The zero-order valence-electron chi connectivity index (χ0n) is 11.8. The van der Waals surface area contributed by atoms with E-state index in [4.69, 9.17) is 11.6 Å². The predicted molar refractivity (Wildman–Crippen MR) is 81.4 cm³/mol. The lowest BCUT2D eigenvalue weighted by Gasteiger charge is -2.06. The van der Waals surface area contributed by atoms with Crippen molar-refractivity contribution < 1.29 is 13.2 Å². The van der Waals surface area contributed by atoms with Crippen LogP contribution in [0, 0.1) is 6.92 Å². The van der Waals surface area contributed by atoms with Gasteiger partial charge in [-0.3, -0.25) is 0 Å². The second-order valence-corrected chi connectivity index (χ2v) is 6.04. The lowest BCUT2D eigenvalue weighted by Crippen LogP contribution is -2.06. The van der Waals surface area contributed by atoms with Crippen LogP contribution >= 0.6 is 22.9 Å². The van der Waals surface area contributed by atoms with Crippen LogP contribution < -0.4 is 0 Å². The molecule has 0 bridgehead atoms. The molecule has 3 aromatic heterocycles. The highest BCUT2D eigenvalue weighted by Crippen LogP contribution is 2.33. The molecule has 0 saturated carbocycles. The van der Waals surface area contributed by atoms with Crippen molar-refractivity contribution in [2.75, 3.05) is 0 Å². The van der Waals surface area contributed by atoms with E-state index in [1.165, 1.54) is 28.3 Å². The molecule has 0 fully saturated rings. The zero-order valence-corrected chi connectivity index (χ0v) is 13.4. The maximum Gasteiger partial charge on any atom is 0.434 e. The smallest absolute Gasteiger partial charge is 0.323 e. The van der Waals surface area contributed by atoms with Crippen molar-refractivity contribution in [2.45, 2.75) is 19.6 Å². The maximum absolute atomic E-state index is 13.0. The van der Waals surface area contributed by atoms with E-state index in [1.54, 1.807) is 5.38 Å². The fourth-order valence-corrected chi connectivity index (χ4v) is 2.97. The zero-order chi connectivity index (χ0) is 16.6. The van der Waals surface area contributed by atoms with Gasteiger partial charge in [0.05, 0.1) is 11.6 Å². The molecule has 0 aliphatic rings. The van der Waals surface area contributed by atoms with Gasteiger partial charge in [-0.1, -0.05) is 11.6 Å². The first-order chi connectivity index (χ1) is 10.8. The van der Waals surface area contributed by atoms with Crippen molar-refractivity contribution >= 4 is 22.9 Å². The second-order valence-electron chi connectivity index (χ2n) is 4.86. The van der Waals surface area contributed by atoms with Gasteiger partial charge in [0.15, 0.2) is 5.69 Å². The quantitative estimate of drug-likeness (QED) is 0.695. The highest BCUT2D eigenvalue weighted by atomic mass is 35.5. The first-order valence-corrected chi connectivity index (χ1v) is 7.80. The summed E-state index contributed by atoms with van der Waals surface area (Å²) in [7, 11) is 0. The summed E-state index contributed by atoms with van der Waals surface area (Å²) < 4.78 is 40.4. The number of rotatable bonds is 3. The maximum atomic E-state index is 13.0. The molecule has 3 aromatic rings. The van der Waals surface area contributed by atoms with Gasteiger partial charge in [-0.2, -0.15) is 24.5 Å². The van der Waals surface area contributed by atoms with Crippen LogP contribution in [0.15, 0.2) is 29.4 Å². The summed E-state index contributed by atoms with van der Waals surface area (Å²) in [6.45, 7) is 1.90. The summed E-state index contributed by atoms with van der Waals surface area (Å²) in [4.78, 5) is 11.8. The number of halogens is 4. The van der Waals surface area contributed by atoms with Crippen LogP contribution in [0.25, 0.3) is 11.4 Å². The second kappa shape index (κ2) is 5.93. The number of aryl methyl sites for hydroxylation is 1. The van der Waals surface area contributed by atoms with Crippen LogP contribution in [0.5, 0.6) is 0 Å². The largest absolute Gasteiger partial charge is 0.434 e. The number of aromatic nitrogens is 4. The van der Waals surface area contributed by atoms with Gasteiger partial charge in [0.2, 0.25) is 0 Å². The average molecular weight is 359 g/mol. The number of hydrogen-bond donors (Lipinski definition) is 0. The van der Waals surface area contributed by atoms with E-state index < -0.39 is 11.9 Å². The van der Waals surface area contributed by atoms with Crippen LogP contribution in [-0.2, 0) is 12.7 Å². The van der Waals surface area contributed by atoms with Crippen molar-refractivity contribution in [3.8, 4) is 11.4 Å². The summed E-state index contributed by atoms with van der Waals surface area (Å²) in [5, 5.41) is 4.00. The molecule has 0 spiro atoms. The molecule has 9 heteroatoms. The molecule has 3 rings (SSSR count). The lowest BCUT2D eigenvalue weighted by atomic mass is 10.2. The Morgan fingerprint density at radius 2 is 1.91 bits per heavy atom. The van der Waals surface area contributed by atoms with Gasteiger partial charge < -0.3 is 4.57 Å². The molecule has 0 amide bonds. The summed E-state index contributed by atoms with van der Waals surface area (Å²) in [5.74, 6) is 0.601. The third kappa shape index (κ3) is 3.37. The van der Waals surface area contributed by atoms with Gasteiger partial charge >= 0.3 is 6.18 Å². The van der Waals surface area contributed by atoms with Crippen molar-refractivity contribution in [3.05, 3.63) is 51.5 Å². The number of thiophene rings is 1. The molecule has 23 heavy (non-hydrogen) atoms. The van der Waals surface area contributed by atoms with Crippen molar-refractivity contribution in [1.29, 1.82) is 0 Å². The molecule has 0 N–H and O–H groups in total. The van der Waals surface area contributed by atoms with Gasteiger partial charge in [-0.05, 0) is 17.9 Å². The third-order valence-electron chi connectivity index (χ3n) is 3.15. The molecule has 0 atom stereocenters. The van der Waals surface area contributed by atoms with Crippen LogP contribution in [0.1, 0.15) is 17.1 Å². The summed E-state index contributed by atoms with van der Waals surface area (Å²) in [6, 6.07) is 0. The third-order valence-corrected chi connectivity index (χ3v) is 4.21. The predicted octanol–water partition coefficient (Wildman–Crippen LogP) is 4.43. The van der Waals surface area contributed by atoms with E-state index in [9.17, 15) is 13.2 Å². The molecule has 0 aromatic carbocycles.